The first-order chi connectivity index (χ1) is 6.59. The zero-order valence-electron chi connectivity index (χ0n) is 8.34. The van der Waals surface area contributed by atoms with Gasteiger partial charge in [-0.25, -0.2) is 9.97 Å². The fourth-order valence-electron chi connectivity index (χ4n) is 1.42. The molecule has 2 rings (SSSR count). The Labute approximate surface area is 92.0 Å². The second-order valence-electron chi connectivity index (χ2n) is 3.63. The van der Waals surface area contributed by atoms with E-state index in [1.54, 1.807) is 11.3 Å². The molecule has 0 unspecified atom stereocenters. The van der Waals surface area contributed by atoms with Crippen molar-refractivity contribution in [2.45, 2.75) is 26.7 Å². The van der Waals surface area contributed by atoms with E-state index < -0.39 is 0 Å². The number of thiophene rings is 1. The van der Waals surface area contributed by atoms with Crippen LogP contribution in [0.5, 0.6) is 0 Å². The Bertz CT molecular complexity index is 476. The molecule has 0 saturated carbocycles. The highest BCUT2D eigenvalue weighted by Crippen LogP contribution is 2.30. The lowest BCUT2D eigenvalue weighted by atomic mass is 10.1. The molecule has 2 heterocycles. The van der Waals surface area contributed by atoms with E-state index >= 15 is 0 Å². The second-order valence-corrected chi connectivity index (χ2v) is 4.85. The minimum atomic E-state index is 0.350. The molecule has 0 spiro atoms. The van der Waals surface area contributed by atoms with Crippen molar-refractivity contribution < 1.29 is 0 Å². The van der Waals surface area contributed by atoms with Crippen LogP contribution in [0.1, 0.15) is 31.0 Å². The second kappa shape index (κ2) is 3.48. The number of aryl methyl sites for hydroxylation is 1. The molecule has 2 aromatic heterocycles. The maximum Gasteiger partial charge on any atom is 0.223 e. The molecule has 0 saturated heterocycles. The maximum absolute atomic E-state index is 5.88. The van der Waals surface area contributed by atoms with Crippen LogP contribution < -0.4 is 0 Å². The van der Waals surface area contributed by atoms with E-state index in [0.29, 0.717) is 11.2 Å². The molecule has 2 nitrogen and oxygen atoms in total. The molecule has 0 amide bonds. The third kappa shape index (κ3) is 1.51. The van der Waals surface area contributed by atoms with Gasteiger partial charge in [-0.1, -0.05) is 13.8 Å². The summed E-state index contributed by atoms with van der Waals surface area (Å²) in [7, 11) is 0. The van der Waals surface area contributed by atoms with Gasteiger partial charge in [-0.2, -0.15) is 0 Å². The molecule has 0 N–H and O–H groups in total. The molecule has 0 bridgehead atoms. The zero-order chi connectivity index (χ0) is 10.3. The zero-order valence-corrected chi connectivity index (χ0v) is 9.91. The Balaban J connectivity index is 2.82. The summed E-state index contributed by atoms with van der Waals surface area (Å²) in [6.07, 6.45) is 0. The SMILES string of the molecule is Cc1csc2c(C(C)C)nc(Cl)nc12. The van der Waals surface area contributed by atoms with Gasteiger partial charge in [0.15, 0.2) is 0 Å². The van der Waals surface area contributed by atoms with Crippen molar-refractivity contribution in [2.75, 3.05) is 0 Å². The molecule has 0 fully saturated rings. The van der Waals surface area contributed by atoms with Gasteiger partial charge < -0.3 is 0 Å². The highest BCUT2D eigenvalue weighted by Gasteiger charge is 2.12. The lowest BCUT2D eigenvalue weighted by Gasteiger charge is -2.05. The number of hydrogen-bond donors (Lipinski definition) is 0. The summed E-state index contributed by atoms with van der Waals surface area (Å²) < 4.78 is 1.17. The largest absolute Gasteiger partial charge is 0.223 e. The first-order valence-corrected chi connectivity index (χ1v) is 5.76. The molecular formula is C10H11ClN2S. The fourth-order valence-corrected chi connectivity index (χ4v) is 2.72. The average molecular weight is 227 g/mol. The van der Waals surface area contributed by atoms with Gasteiger partial charge in [0.25, 0.3) is 0 Å². The smallest absolute Gasteiger partial charge is 0.221 e. The quantitative estimate of drug-likeness (QED) is 0.692. The van der Waals surface area contributed by atoms with Crippen LogP contribution in [0, 0.1) is 6.92 Å². The Morgan fingerprint density at radius 3 is 2.71 bits per heavy atom. The first kappa shape index (κ1) is 9.87. The van der Waals surface area contributed by atoms with Gasteiger partial charge in [0.1, 0.15) is 0 Å². The molecule has 14 heavy (non-hydrogen) atoms. The topological polar surface area (TPSA) is 25.8 Å². The number of nitrogens with zero attached hydrogens (tertiary/aromatic N) is 2. The van der Waals surface area contributed by atoms with Gasteiger partial charge in [-0.3, -0.25) is 0 Å². The summed E-state index contributed by atoms with van der Waals surface area (Å²) in [5, 5.41) is 2.45. The maximum atomic E-state index is 5.88. The van der Waals surface area contributed by atoms with Crippen molar-refractivity contribution in [1.29, 1.82) is 0 Å². The summed E-state index contributed by atoms with van der Waals surface area (Å²) in [6, 6.07) is 0. The molecule has 2 aromatic rings. The molecule has 0 aliphatic rings. The van der Waals surface area contributed by atoms with E-state index in [4.69, 9.17) is 11.6 Å². The third-order valence-corrected chi connectivity index (χ3v) is 3.42. The van der Waals surface area contributed by atoms with Crippen LogP contribution in [0.25, 0.3) is 10.2 Å². The van der Waals surface area contributed by atoms with Crippen LogP contribution in [0.4, 0.5) is 0 Å². The molecule has 0 aliphatic heterocycles. The first-order valence-electron chi connectivity index (χ1n) is 4.51. The standard InChI is InChI=1S/C10H11ClN2S/c1-5(2)7-9-8(6(3)4-14-9)13-10(11)12-7/h4-5H,1-3H3. The van der Waals surface area contributed by atoms with Crippen LogP contribution >= 0.6 is 22.9 Å². The molecule has 4 heteroatoms. The number of halogens is 1. The molecule has 0 aromatic carbocycles. The summed E-state index contributed by atoms with van der Waals surface area (Å²) in [4.78, 5) is 8.52. The average Bonchev–Trinajstić information content (AvgIpc) is 2.47. The fraction of sp³-hybridized carbons (Fsp3) is 0.400. The predicted octanol–water partition coefficient (Wildman–Crippen LogP) is 3.78. The Morgan fingerprint density at radius 1 is 1.36 bits per heavy atom. The molecule has 0 aliphatic carbocycles. The molecule has 0 radical (unpaired) electrons. The number of rotatable bonds is 1. The van der Waals surface area contributed by atoms with E-state index in [2.05, 4.69) is 29.2 Å². The lowest BCUT2D eigenvalue weighted by Crippen LogP contribution is -1.95. The van der Waals surface area contributed by atoms with E-state index in [9.17, 15) is 0 Å². The number of aromatic nitrogens is 2. The summed E-state index contributed by atoms with van der Waals surface area (Å²) in [6.45, 7) is 6.28. The summed E-state index contributed by atoms with van der Waals surface area (Å²) in [5.41, 5.74) is 3.23. The van der Waals surface area contributed by atoms with Crippen LogP contribution in [0.15, 0.2) is 5.38 Å². The van der Waals surface area contributed by atoms with Crippen molar-refractivity contribution in [1.82, 2.24) is 9.97 Å². The van der Waals surface area contributed by atoms with E-state index in [1.165, 1.54) is 10.3 Å². The van der Waals surface area contributed by atoms with Crippen molar-refractivity contribution in [3.05, 3.63) is 21.9 Å². The monoisotopic (exact) mass is 226 g/mol. The van der Waals surface area contributed by atoms with Crippen LogP contribution in [-0.4, -0.2) is 9.97 Å². The number of hydrogen-bond acceptors (Lipinski definition) is 3. The highest BCUT2D eigenvalue weighted by molar-refractivity contribution is 7.17. The predicted molar refractivity (Wildman–Crippen MR) is 61.3 cm³/mol. The van der Waals surface area contributed by atoms with Crippen molar-refractivity contribution >= 4 is 33.2 Å². The van der Waals surface area contributed by atoms with Crippen LogP contribution in [0.2, 0.25) is 5.28 Å². The normalized spacial score (nSPS) is 11.5. The minimum Gasteiger partial charge on any atom is -0.221 e. The molecule has 0 atom stereocenters. The van der Waals surface area contributed by atoms with Gasteiger partial charge in [-0.15, -0.1) is 11.3 Å². The van der Waals surface area contributed by atoms with Crippen LogP contribution in [-0.2, 0) is 0 Å². The van der Waals surface area contributed by atoms with Crippen molar-refractivity contribution in [2.24, 2.45) is 0 Å². The summed E-state index contributed by atoms with van der Waals surface area (Å²) in [5.74, 6) is 0.385. The Hall–Kier alpha value is -0.670. The van der Waals surface area contributed by atoms with E-state index in [0.717, 1.165) is 11.2 Å². The number of fused-ring (bicyclic) bond motifs is 1. The van der Waals surface area contributed by atoms with Gasteiger partial charge in [0.2, 0.25) is 5.28 Å². The highest BCUT2D eigenvalue weighted by atomic mass is 35.5. The van der Waals surface area contributed by atoms with Crippen molar-refractivity contribution in [3.63, 3.8) is 0 Å². The van der Waals surface area contributed by atoms with Gasteiger partial charge in [0.05, 0.1) is 15.9 Å². The summed E-state index contributed by atoms with van der Waals surface area (Å²) >= 11 is 7.57. The van der Waals surface area contributed by atoms with Crippen LogP contribution in [0.3, 0.4) is 0 Å². The Kier molecular flexibility index (Phi) is 2.45. The van der Waals surface area contributed by atoms with Gasteiger partial charge >= 0.3 is 0 Å². The van der Waals surface area contributed by atoms with Crippen molar-refractivity contribution in [3.8, 4) is 0 Å². The molecular weight excluding hydrogens is 216 g/mol. The van der Waals surface area contributed by atoms with E-state index in [-0.39, 0.29) is 0 Å². The Morgan fingerprint density at radius 2 is 2.07 bits per heavy atom. The van der Waals surface area contributed by atoms with Gasteiger partial charge in [0, 0.05) is 0 Å². The van der Waals surface area contributed by atoms with E-state index in [1.807, 2.05) is 6.92 Å². The lowest BCUT2D eigenvalue weighted by molar-refractivity contribution is 0.831. The third-order valence-electron chi connectivity index (χ3n) is 2.14. The molecule has 74 valence electrons. The minimum absolute atomic E-state index is 0.350. The van der Waals surface area contributed by atoms with Gasteiger partial charge in [-0.05, 0) is 35.4 Å².